The van der Waals surface area contributed by atoms with Gasteiger partial charge in [0, 0.05) is 25.2 Å². The quantitative estimate of drug-likeness (QED) is 0.893. The van der Waals surface area contributed by atoms with Crippen LogP contribution in [0.5, 0.6) is 0 Å². The third-order valence-corrected chi connectivity index (χ3v) is 6.06. The minimum absolute atomic E-state index is 0.0618. The number of hydrogen-bond donors (Lipinski definition) is 1. The van der Waals surface area contributed by atoms with E-state index >= 15 is 0 Å². The number of amides is 1. The summed E-state index contributed by atoms with van der Waals surface area (Å²) < 4.78 is 27.4. The lowest BCUT2D eigenvalue weighted by atomic mass is 10.2. The fourth-order valence-corrected chi connectivity index (χ4v) is 4.46. The van der Waals surface area contributed by atoms with Crippen LogP contribution >= 0.6 is 0 Å². The molecular weight excluding hydrogens is 336 g/mol. The molecular formula is C19H22N2O3S. The minimum Gasteiger partial charge on any atom is -0.312 e. The Balaban J connectivity index is 1.62. The Hall–Kier alpha value is -2.18. The van der Waals surface area contributed by atoms with Gasteiger partial charge in [0.25, 0.3) is 0 Å². The zero-order valence-electron chi connectivity index (χ0n) is 14.5. The van der Waals surface area contributed by atoms with Gasteiger partial charge in [0.2, 0.25) is 15.9 Å². The number of rotatable bonds is 5. The van der Waals surface area contributed by atoms with Gasteiger partial charge >= 0.3 is 0 Å². The molecule has 2 aromatic carbocycles. The van der Waals surface area contributed by atoms with E-state index in [1.165, 1.54) is 0 Å². The highest BCUT2D eigenvalue weighted by atomic mass is 32.2. The normalized spacial score (nSPS) is 13.8. The number of aryl methyl sites for hydroxylation is 2. The van der Waals surface area contributed by atoms with Gasteiger partial charge in [-0.3, -0.25) is 4.79 Å². The molecule has 1 N–H and O–H groups in total. The Kier molecular flexibility index (Phi) is 4.92. The van der Waals surface area contributed by atoms with Gasteiger partial charge in [0.05, 0.1) is 4.90 Å². The number of para-hydroxylation sites is 1. The summed E-state index contributed by atoms with van der Waals surface area (Å²) in [6, 6.07) is 13.0. The monoisotopic (exact) mass is 358 g/mol. The molecule has 3 rings (SSSR count). The fraction of sp³-hybridized carbons (Fsp3) is 0.316. The first-order valence-electron chi connectivity index (χ1n) is 8.34. The second kappa shape index (κ2) is 6.98. The van der Waals surface area contributed by atoms with Gasteiger partial charge in [-0.1, -0.05) is 35.9 Å². The molecule has 132 valence electrons. The van der Waals surface area contributed by atoms with Gasteiger partial charge in [-0.15, -0.1) is 0 Å². The minimum atomic E-state index is -3.61. The van der Waals surface area contributed by atoms with Crippen LogP contribution in [0.4, 0.5) is 5.69 Å². The van der Waals surface area contributed by atoms with Crippen LogP contribution in [-0.4, -0.2) is 27.4 Å². The largest absolute Gasteiger partial charge is 0.312 e. The van der Waals surface area contributed by atoms with Crippen LogP contribution in [0.3, 0.4) is 0 Å². The molecule has 25 heavy (non-hydrogen) atoms. The van der Waals surface area contributed by atoms with Crippen molar-refractivity contribution in [3.63, 3.8) is 0 Å². The first kappa shape index (κ1) is 17.6. The lowest BCUT2D eigenvalue weighted by Gasteiger charge is -2.17. The van der Waals surface area contributed by atoms with E-state index in [1.807, 2.05) is 37.3 Å². The second-order valence-corrected chi connectivity index (χ2v) is 8.08. The van der Waals surface area contributed by atoms with E-state index in [-0.39, 0.29) is 23.8 Å². The van der Waals surface area contributed by atoms with Crippen molar-refractivity contribution in [2.75, 3.05) is 18.0 Å². The Labute approximate surface area is 148 Å². The highest BCUT2D eigenvalue weighted by molar-refractivity contribution is 7.89. The summed E-state index contributed by atoms with van der Waals surface area (Å²) in [7, 11) is -3.61. The maximum atomic E-state index is 12.4. The molecule has 2 aromatic rings. The van der Waals surface area contributed by atoms with E-state index < -0.39 is 10.0 Å². The SMILES string of the molecule is Cc1ccc(S(=O)(=O)NCCC(=O)N2CCc3ccccc32)c(C)c1. The maximum absolute atomic E-state index is 12.4. The molecule has 0 spiro atoms. The topological polar surface area (TPSA) is 66.5 Å². The Morgan fingerprint density at radius 2 is 1.92 bits per heavy atom. The summed E-state index contributed by atoms with van der Waals surface area (Å²) in [5.41, 5.74) is 3.81. The van der Waals surface area contributed by atoms with Gasteiger partial charge in [0.1, 0.15) is 0 Å². The van der Waals surface area contributed by atoms with Crippen LogP contribution in [0.15, 0.2) is 47.4 Å². The van der Waals surface area contributed by atoms with Crippen LogP contribution in [0.25, 0.3) is 0 Å². The van der Waals surface area contributed by atoms with Gasteiger partial charge < -0.3 is 4.90 Å². The molecule has 1 aliphatic rings. The Morgan fingerprint density at radius 1 is 1.16 bits per heavy atom. The van der Waals surface area contributed by atoms with Crippen molar-refractivity contribution in [1.29, 1.82) is 0 Å². The predicted octanol–water partition coefficient (Wildman–Crippen LogP) is 2.56. The summed E-state index contributed by atoms with van der Waals surface area (Å²) >= 11 is 0. The van der Waals surface area contributed by atoms with E-state index in [2.05, 4.69) is 4.72 Å². The van der Waals surface area contributed by atoms with Crippen molar-refractivity contribution in [2.45, 2.75) is 31.6 Å². The van der Waals surface area contributed by atoms with Crippen molar-refractivity contribution in [3.05, 3.63) is 59.2 Å². The molecule has 5 nitrogen and oxygen atoms in total. The van der Waals surface area contributed by atoms with Crippen LogP contribution in [0.1, 0.15) is 23.1 Å². The molecule has 1 heterocycles. The van der Waals surface area contributed by atoms with Crippen LogP contribution < -0.4 is 9.62 Å². The van der Waals surface area contributed by atoms with Crippen molar-refractivity contribution >= 4 is 21.6 Å². The first-order chi connectivity index (χ1) is 11.9. The number of carbonyl (C=O) groups excluding carboxylic acids is 1. The number of sulfonamides is 1. The standard InChI is InChI=1S/C19H22N2O3S/c1-14-7-8-18(15(2)13-14)25(23,24)20-11-9-19(22)21-12-10-16-5-3-4-6-17(16)21/h3-8,13,20H,9-12H2,1-2H3. The number of benzene rings is 2. The second-order valence-electron chi connectivity index (χ2n) is 6.34. The van der Waals surface area contributed by atoms with Crippen LogP contribution in [-0.2, 0) is 21.2 Å². The highest BCUT2D eigenvalue weighted by Crippen LogP contribution is 2.27. The molecule has 0 unspecified atom stereocenters. The predicted molar refractivity (Wildman–Crippen MR) is 98.2 cm³/mol. The maximum Gasteiger partial charge on any atom is 0.240 e. The molecule has 1 aliphatic heterocycles. The number of anilines is 1. The van der Waals surface area contributed by atoms with Gasteiger partial charge in [0.15, 0.2) is 0 Å². The Morgan fingerprint density at radius 3 is 2.68 bits per heavy atom. The van der Waals surface area contributed by atoms with E-state index in [9.17, 15) is 13.2 Å². The molecule has 0 saturated heterocycles. The molecule has 0 bridgehead atoms. The molecule has 6 heteroatoms. The van der Waals surface area contributed by atoms with E-state index in [0.29, 0.717) is 12.1 Å². The number of hydrogen-bond acceptors (Lipinski definition) is 3. The molecule has 0 aliphatic carbocycles. The average Bonchev–Trinajstić information content (AvgIpc) is 2.98. The third kappa shape index (κ3) is 3.75. The lowest BCUT2D eigenvalue weighted by Crippen LogP contribution is -2.33. The van der Waals surface area contributed by atoms with Gasteiger partial charge in [-0.25, -0.2) is 13.1 Å². The number of carbonyl (C=O) groups is 1. The molecule has 0 aromatic heterocycles. The van der Waals surface area contributed by atoms with E-state index in [4.69, 9.17) is 0 Å². The van der Waals surface area contributed by atoms with Gasteiger partial charge in [-0.05, 0) is 43.5 Å². The summed E-state index contributed by atoms with van der Waals surface area (Å²) in [5.74, 6) is -0.0618. The summed E-state index contributed by atoms with van der Waals surface area (Å²) in [5, 5.41) is 0. The number of nitrogens with one attached hydrogen (secondary N) is 1. The first-order valence-corrected chi connectivity index (χ1v) is 9.82. The van der Waals surface area contributed by atoms with E-state index in [1.54, 1.807) is 24.0 Å². The smallest absolute Gasteiger partial charge is 0.240 e. The fourth-order valence-electron chi connectivity index (χ4n) is 3.20. The lowest BCUT2D eigenvalue weighted by molar-refractivity contribution is -0.118. The molecule has 1 amide bonds. The molecule has 0 atom stereocenters. The molecule has 0 saturated carbocycles. The van der Waals surface area contributed by atoms with Crippen LogP contribution in [0.2, 0.25) is 0 Å². The highest BCUT2D eigenvalue weighted by Gasteiger charge is 2.24. The van der Waals surface area contributed by atoms with Crippen molar-refractivity contribution in [2.24, 2.45) is 0 Å². The number of nitrogens with zero attached hydrogens (tertiary/aromatic N) is 1. The summed E-state index contributed by atoms with van der Waals surface area (Å²) in [4.78, 5) is 14.4. The molecule has 0 fully saturated rings. The van der Waals surface area contributed by atoms with Crippen LogP contribution in [0, 0.1) is 13.8 Å². The average molecular weight is 358 g/mol. The zero-order valence-corrected chi connectivity index (χ0v) is 15.3. The van der Waals surface area contributed by atoms with Crippen molar-refractivity contribution in [1.82, 2.24) is 4.72 Å². The third-order valence-electron chi connectivity index (χ3n) is 4.44. The summed E-state index contributed by atoms with van der Waals surface area (Å²) in [6.07, 6.45) is 0.981. The number of fused-ring (bicyclic) bond motifs is 1. The molecule has 0 radical (unpaired) electrons. The van der Waals surface area contributed by atoms with E-state index in [0.717, 1.165) is 23.2 Å². The zero-order chi connectivity index (χ0) is 18.0. The summed E-state index contributed by atoms with van der Waals surface area (Å²) in [6.45, 7) is 4.44. The van der Waals surface area contributed by atoms with Crippen molar-refractivity contribution in [3.8, 4) is 0 Å². The van der Waals surface area contributed by atoms with Gasteiger partial charge in [-0.2, -0.15) is 0 Å². The Bertz CT molecular complexity index is 907. The van der Waals surface area contributed by atoms with Crippen molar-refractivity contribution < 1.29 is 13.2 Å².